The van der Waals surface area contributed by atoms with Crippen LogP contribution in [0.5, 0.6) is 0 Å². The van der Waals surface area contributed by atoms with Crippen LogP contribution in [0.15, 0.2) is 12.1 Å². The van der Waals surface area contributed by atoms with Crippen molar-refractivity contribution < 1.29 is 4.74 Å². The summed E-state index contributed by atoms with van der Waals surface area (Å²) in [6.45, 7) is 6.21. The zero-order valence-corrected chi connectivity index (χ0v) is 14.4. The van der Waals surface area contributed by atoms with Crippen molar-refractivity contribution in [3.63, 3.8) is 0 Å². The molecule has 24 heavy (non-hydrogen) atoms. The molecule has 2 fully saturated rings. The van der Waals surface area contributed by atoms with E-state index in [-0.39, 0.29) is 0 Å². The van der Waals surface area contributed by atoms with Gasteiger partial charge in [-0.1, -0.05) is 0 Å². The van der Waals surface area contributed by atoms with Gasteiger partial charge in [-0.15, -0.1) is 15.3 Å². The molecule has 0 radical (unpaired) electrons. The topological polar surface area (TPSA) is 58.8 Å². The second-order valence-electron chi connectivity index (χ2n) is 6.82. The van der Waals surface area contributed by atoms with E-state index in [0.29, 0.717) is 5.92 Å². The highest BCUT2D eigenvalue weighted by Gasteiger charge is 2.25. The molecule has 2 aliphatic rings. The molecule has 0 aliphatic carbocycles. The quantitative estimate of drug-likeness (QED) is 0.829. The lowest BCUT2D eigenvalue weighted by Gasteiger charge is -2.30. The van der Waals surface area contributed by atoms with E-state index in [1.165, 1.54) is 12.8 Å². The van der Waals surface area contributed by atoms with Crippen molar-refractivity contribution in [3.8, 4) is 0 Å². The van der Waals surface area contributed by atoms with Crippen molar-refractivity contribution in [2.24, 2.45) is 0 Å². The van der Waals surface area contributed by atoms with E-state index < -0.39 is 0 Å². The summed E-state index contributed by atoms with van der Waals surface area (Å²) in [6, 6.07) is 4.12. The minimum atomic E-state index is 0.445. The minimum absolute atomic E-state index is 0.445. The van der Waals surface area contributed by atoms with Gasteiger partial charge in [0, 0.05) is 32.7 Å². The Bertz CT molecular complexity index is 673. The first-order chi connectivity index (χ1) is 11.8. The molecular formula is C17H26N6O. The smallest absolute Gasteiger partial charge is 0.178 e. The fourth-order valence-electron chi connectivity index (χ4n) is 3.80. The van der Waals surface area contributed by atoms with Crippen LogP contribution in [-0.4, -0.2) is 71.2 Å². The van der Waals surface area contributed by atoms with Crippen molar-refractivity contribution in [2.45, 2.75) is 31.6 Å². The summed E-state index contributed by atoms with van der Waals surface area (Å²) in [4.78, 5) is 4.82. The molecule has 7 nitrogen and oxygen atoms in total. The molecule has 130 valence electrons. The van der Waals surface area contributed by atoms with E-state index in [9.17, 15) is 0 Å². The third-order valence-electron chi connectivity index (χ3n) is 5.27. The number of aromatic nitrogens is 4. The van der Waals surface area contributed by atoms with Gasteiger partial charge in [-0.3, -0.25) is 0 Å². The van der Waals surface area contributed by atoms with Gasteiger partial charge in [-0.2, -0.15) is 4.52 Å². The Balaban J connectivity index is 1.51. The highest BCUT2D eigenvalue weighted by molar-refractivity contribution is 5.46. The molecule has 4 rings (SSSR count). The van der Waals surface area contributed by atoms with Crippen LogP contribution in [0, 0.1) is 0 Å². The van der Waals surface area contributed by atoms with Gasteiger partial charge >= 0.3 is 0 Å². The Morgan fingerprint density at radius 2 is 1.88 bits per heavy atom. The van der Waals surface area contributed by atoms with Gasteiger partial charge in [0.2, 0.25) is 0 Å². The van der Waals surface area contributed by atoms with Gasteiger partial charge in [0.1, 0.15) is 5.82 Å². The maximum Gasteiger partial charge on any atom is 0.178 e. The third kappa shape index (κ3) is 3.10. The lowest BCUT2D eigenvalue weighted by atomic mass is 9.96. The monoisotopic (exact) mass is 330 g/mol. The fraction of sp³-hybridized carbons (Fsp3) is 0.706. The maximum absolute atomic E-state index is 5.18. The average molecular weight is 330 g/mol. The lowest BCUT2D eigenvalue weighted by Crippen LogP contribution is -2.35. The molecule has 0 saturated carbocycles. The van der Waals surface area contributed by atoms with Crippen molar-refractivity contribution in [2.75, 3.05) is 51.3 Å². The van der Waals surface area contributed by atoms with Crippen molar-refractivity contribution in [3.05, 3.63) is 18.0 Å². The summed E-state index contributed by atoms with van der Waals surface area (Å²) in [7, 11) is 1.76. The lowest BCUT2D eigenvalue weighted by molar-refractivity contribution is 0.129. The van der Waals surface area contributed by atoms with E-state index >= 15 is 0 Å². The molecule has 0 spiro atoms. The molecule has 0 unspecified atom stereocenters. The minimum Gasteiger partial charge on any atom is -0.383 e. The molecule has 0 N–H and O–H groups in total. The van der Waals surface area contributed by atoms with Crippen LogP contribution in [-0.2, 0) is 4.74 Å². The second-order valence-corrected chi connectivity index (χ2v) is 6.82. The summed E-state index contributed by atoms with van der Waals surface area (Å²) < 4.78 is 7.16. The van der Waals surface area contributed by atoms with Crippen molar-refractivity contribution in [1.29, 1.82) is 0 Å². The van der Waals surface area contributed by atoms with E-state index in [0.717, 1.165) is 69.5 Å². The first kappa shape index (κ1) is 15.8. The van der Waals surface area contributed by atoms with E-state index in [4.69, 9.17) is 9.84 Å². The van der Waals surface area contributed by atoms with Gasteiger partial charge in [0.15, 0.2) is 11.5 Å². The number of piperidine rings is 1. The van der Waals surface area contributed by atoms with Gasteiger partial charge in [0.25, 0.3) is 0 Å². The predicted octanol–water partition coefficient (Wildman–Crippen LogP) is 1.55. The number of hydrogen-bond acceptors (Lipinski definition) is 6. The fourth-order valence-corrected chi connectivity index (χ4v) is 3.80. The Morgan fingerprint density at radius 1 is 1.08 bits per heavy atom. The standard InChI is InChI=1S/C17H26N6O/c1-24-13-12-21-10-6-14(7-11-21)17-19-18-15-4-5-16(20-23(15)17)22-8-2-3-9-22/h4-5,14H,2-3,6-13H2,1H3. The molecule has 2 aromatic heterocycles. The molecule has 0 aromatic carbocycles. The Hall–Kier alpha value is -1.73. The summed E-state index contributed by atoms with van der Waals surface area (Å²) in [5, 5.41) is 13.6. The molecule has 2 aromatic rings. The Kier molecular flexibility index (Phi) is 4.62. The number of anilines is 1. The number of rotatable bonds is 5. The first-order valence-corrected chi connectivity index (χ1v) is 9.04. The Morgan fingerprint density at radius 3 is 2.62 bits per heavy atom. The number of likely N-dealkylation sites (tertiary alicyclic amines) is 1. The third-order valence-corrected chi connectivity index (χ3v) is 5.27. The SMILES string of the molecule is COCCN1CCC(c2nnc3ccc(N4CCCC4)nn23)CC1. The highest BCUT2D eigenvalue weighted by atomic mass is 16.5. The first-order valence-electron chi connectivity index (χ1n) is 9.04. The summed E-state index contributed by atoms with van der Waals surface area (Å²) in [6.07, 6.45) is 4.74. The van der Waals surface area contributed by atoms with Gasteiger partial charge in [0.05, 0.1) is 6.61 Å². The molecule has 2 aliphatic heterocycles. The number of hydrogen-bond donors (Lipinski definition) is 0. The highest BCUT2D eigenvalue weighted by Crippen LogP contribution is 2.27. The van der Waals surface area contributed by atoms with Crippen LogP contribution in [0.1, 0.15) is 37.4 Å². The molecule has 4 heterocycles. The zero-order chi connectivity index (χ0) is 16.4. The van der Waals surface area contributed by atoms with Crippen LogP contribution in [0.3, 0.4) is 0 Å². The summed E-state index contributed by atoms with van der Waals surface area (Å²) in [5.41, 5.74) is 0.856. The van der Waals surface area contributed by atoms with Crippen molar-refractivity contribution >= 4 is 11.5 Å². The average Bonchev–Trinajstić information content (AvgIpc) is 3.29. The van der Waals surface area contributed by atoms with Crippen LogP contribution in [0.4, 0.5) is 5.82 Å². The summed E-state index contributed by atoms with van der Waals surface area (Å²) >= 11 is 0. The van der Waals surface area contributed by atoms with Gasteiger partial charge < -0.3 is 14.5 Å². The largest absolute Gasteiger partial charge is 0.383 e. The number of nitrogens with zero attached hydrogens (tertiary/aromatic N) is 6. The maximum atomic E-state index is 5.18. The molecular weight excluding hydrogens is 304 g/mol. The zero-order valence-electron chi connectivity index (χ0n) is 14.4. The molecule has 0 atom stereocenters. The van der Waals surface area contributed by atoms with Crippen molar-refractivity contribution in [1.82, 2.24) is 24.7 Å². The second kappa shape index (κ2) is 7.03. The molecule has 2 saturated heterocycles. The number of methoxy groups -OCH3 is 1. The van der Waals surface area contributed by atoms with E-state index in [1.807, 2.05) is 10.6 Å². The van der Waals surface area contributed by atoms with Gasteiger partial charge in [-0.05, 0) is 50.9 Å². The normalized spacial score (nSPS) is 20.3. The Labute approximate surface area is 142 Å². The van der Waals surface area contributed by atoms with Crippen LogP contribution in [0.2, 0.25) is 0 Å². The van der Waals surface area contributed by atoms with E-state index in [1.54, 1.807) is 7.11 Å². The van der Waals surface area contributed by atoms with Gasteiger partial charge in [-0.25, -0.2) is 0 Å². The molecule has 0 amide bonds. The van der Waals surface area contributed by atoms with Crippen LogP contribution in [0.25, 0.3) is 5.65 Å². The van der Waals surface area contributed by atoms with E-state index in [2.05, 4.69) is 26.1 Å². The van der Waals surface area contributed by atoms with Crippen LogP contribution >= 0.6 is 0 Å². The van der Waals surface area contributed by atoms with Crippen LogP contribution < -0.4 is 4.90 Å². The predicted molar refractivity (Wildman–Crippen MR) is 92.5 cm³/mol. The summed E-state index contributed by atoms with van der Waals surface area (Å²) in [5.74, 6) is 2.52. The molecule has 7 heteroatoms. The number of ether oxygens (including phenoxy) is 1. The number of fused-ring (bicyclic) bond motifs is 1. The molecule has 0 bridgehead atoms.